The van der Waals surface area contributed by atoms with Crippen LogP contribution in [0.25, 0.3) is 0 Å². The molecule has 618 valence electrons. The quantitative estimate of drug-likeness (QED) is 0.0222. The first-order valence-corrected chi connectivity index (χ1v) is 47.0. The summed E-state index contributed by atoms with van der Waals surface area (Å²) in [7, 11) is -9.92. The third-order valence-corrected chi connectivity index (χ3v) is 22.2. The summed E-state index contributed by atoms with van der Waals surface area (Å²) in [5.74, 6) is -0.635. The Hall–Kier alpha value is -1.94. The van der Waals surface area contributed by atoms with Crippen LogP contribution in [0.5, 0.6) is 0 Å². The monoisotopic (exact) mass is 1520 g/mol. The second kappa shape index (κ2) is 76.4. The van der Waals surface area contributed by atoms with Crippen molar-refractivity contribution in [2.24, 2.45) is 11.8 Å². The number of aliphatic hydroxyl groups excluding tert-OH is 1. The molecule has 0 rings (SSSR count). The van der Waals surface area contributed by atoms with Crippen molar-refractivity contribution < 1.29 is 80.2 Å². The van der Waals surface area contributed by atoms with E-state index >= 15 is 0 Å². The van der Waals surface area contributed by atoms with Gasteiger partial charge < -0.3 is 33.8 Å². The molecule has 104 heavy (non-hydrogen) atoms. The molecule has 17 nitrogen and oxygen atoms in total. The molecule has 19 heteroatoms. The molecule has 0 saturated carbocycles. The molecule has 0 aliphatic heterocycles. The number of esters is 4. The SMILES string of the molecule is CCCCCCCCCCCCCCCCCCCCCCCCC(=O)O[C@H](COC(=O)CCCCCCCCCCCCCCCCCCCCCC)COP(=O)(O)OC[C@@H](O)COP(=O)(O)OC[C@@H](COC(=O)CCCCCCCCCC(C)C)OC(=O)CCCCCCCCCCC(C)CC. The smallest absolute Gasteiger partial charge is 0.462 e. The van der Waals surface area contributed by atoms with Crippen molar-refractivity contribution in [1.29, 1.82) is 0 Å². The van der Waals surface area contributed by atoms with Crippen molar-refractivity contribution in [3.63, 3.8) is 0 Å². The van der Waals surface area contributed by atoms with E-state index in [1.165, 1.54) is 263 Å². The topological polar surface area (TPSA) is 237 Å². The van der Waals surface area contributed by atoms with Gasteiger partial charge >= 0.3 is 39.5 Å². The van der Waals surface area contributed by atoms with Crippen molar-refractivity contribution in [3.8, 4) is 0 Å². The predicted molar refractivity (Wildman–Crippen MR) is 428 cm³/mol. The van der Waals surface area contributed by atoms with Crippen molar-refractivity contribution >= 4 is 39.5 Å². The minimum atomic E-state index is -4.97. The number of rotatable bonds is 84. The van der Waals surface area contributed by atoms with Crippen molar-refractivity contribution in [3.05, 3.63) is 0 Å². The molecule has 3 unspecified atom stereocenters. The Bertz CT molecular complexity index is 2000. The van der Waals surface area contributed by atoms with Crippen LogP contribution >= 0.6 is 15.6 Å². The molecule has 0 radical (unpaired) electrons. The van der Waals surface area contributed by atoms with Crippen LogP contribution in [0.2, 0.25) is 0 Å². The lowest BCUT2D eigenvalue weighted by Crippen LogP contribution is -2.30. The molecule has 0 saturated heterocycles. The second-order valence-electron chi connectivity index (χ2n) is 31.3. The molecule has 0 bridgehead atoms. The van der Waals surface area contributed by atoms with Gasteiger partial charge in [-0.05, 0) is 37.5 Å². The highest BCUT2D eigenvalue weighted by atomic mass is 31.2. The van der Waals surface area contributed by atoms with E-state index in [4.69, 9.17) is 37.0 Å². The minimum Gasteiger partial charge on any atom is -0.462 e. The molecular formula is C85H166O17P2. The fourth-order valence-electron chi connectivity index (χ4n) is 13.2. The van der Waals surface area contributed by atoms with Gasteiger partial charge in [0.2, 0.25) is 0 Å². The zero-order chi connectivity index (χ0) is 76.4. The largest absolute Gasteiger partial charge is 0.472 e. The summed E-state index contributed by atoms with van der Waals surface area (Å²) in [5, 5.41) is 10.7. The summed E-state index contributed by atoms with van der Waals surface area (Å²) in [4.78, 5) is 73.1. The van der Waals surface area contributed by atoms with Crippen LogP contribution in [-0.4, -0.2) is 96.7 Å². The summed E-state index contributed by atoms with van der Waals surface area (Å²) >= 11 is 0. The van der Waals surface area contributed by atoms with E-state index in [-0.39, 0.29) is 25.7 Å². The van der Waals surface area contributed by atoms with Crippen molar-refractivity contribution in [1.82, 2.24) is 0 Å². The lowest BCUT2D eigenvalue weighted by atomic mass is 9.99. The Morgan fingerprint density at radius 2 is 0.490 bits per heavy atom. The van der Waals surface area contributed by atoms with Gasteiger partial charge in [0.25, 0.3) is 0 Å². The van der Waals surface area contributed by atoms with Gasteiger partial charge in [0.1, 0.15) is 19.3 Å². The fraction of sp³-hybridized carbons (Fsp3) is 0.953. The van der Waals surface area contributed by atoms with Crippen LogP contribution in [0, 0.1) is 11.8 Å². The van der Waals surface area contributed by atoms with Gasteiger partial charge in [-0.25, -0.2) is 9.13 Å². The lowest BCUT2D eigenvalue weighted by Gasteiger charge is -2.21. The molecule has 0 aliphatic rings. The lowest BCUT2D eigenvalue weighted by molar-refractivity contribution is -0.161. The molecule has 3 N–H and O–H groups in total. The number of carbonyl (C=O) groups excluding carboxylic acids is 4. The predicted octanol–water partition coefficient (Wildman–Crippen LogP) is 25.8. The summed E-state index contributed by atoms with van der Waals surface area (Å²) in [6, 6.07) is 0. The number of aliphatic hydroxyl groups is 1. The van der Waals surface area contributed by atoms with E-state index in [1.807, 2.05) is 0 Å². The Kier molecular flexibility index (Phi) is 75.0. The van der Waals surface area contributed by atoms with Crippen LogP contribution in [0.1, 0.15) is 452 Å². The Morgan fingerprint density at radius 1 is 0.279 bits per heavy atom. The van der Waals surface area contributed by atoms with Crippen molar-refractivity contribution in [2.75, 3.05) is 39.6 Å². The zero-order valence-electron chi connectivity index (χ0n) is 68.3. The molecule has 0 aromatic carbocycles. The van der Waals surface area contributed by atoms with Gasteiger partial charge in [0.05, 0.1) is 26.4 Å². The van der Waals surface area contributed by atoms with Gasteiger partial charge in [0, 0.05) is 25.7 Å². The maximum absolute atomic E-state index is 13.1. The summed E-state index contributed by atoms with van der Waals surface area (Å²) in [5.41, 5.74) is 0. The van der Waals surface area contributed by atoms with E-state index in [0.29, 0.717) is 31.6 Å². The molecular weight excluding hydrogens is 1350 g/mol. The Morgan fingerprint density at radius 3 is 0.731 bits per heavy atom. The number of hydrogen-bond donors (Lipinski definition) is 3. The van der Waals surface area contributed by atoms with E-state index in [2.05, 4.69) is 41.5 Å². The van der Waals surface area contributed by atoms with Crippen LogP contribution in [0.3, 0.4) is 0 Å². The molecule has 0 fully saturated rings. The number of ether oxygens (including phenoxy) is 4. The van der Waals surface area contributed by atoms with Crippen LogP contribution in [0.4, 0.5) is 0 Å². The Labute approximate surface area is 638 Å². The van der Waals surface area contributed by atoms with Crippen LogP contribution in [0.15, 0.2) is 0 Å². The van der Waals surface area contributed by atoms with Gasteiger partial charge in [-0.1, -0.05) is 401 Å². The van der Waals surface area contributed by atoms with Crippen LogP contribution < -0.4 is 0 Å². The standard InChI is InChI=1S/C85H166O17P2/c1-7-10-12-14-16-18-20-22-24-26-28-30-31-33-35-37-39-41-43-50-57-63-69-84(89)101-80(73-95-82(87)67-61-55-49-42-40-38-36-34-32-29-27-25-23-21-19-17-15-13-11-8-2)75-99-103(91,92)97-71-79(86)72-98-104(93,94)100-76-81(74-96-83(88)68-62-56-52-46-47-53-59-65-77(4)5)102-85(90)70-64-58-51-45-44-48-54-60-66-78(6)9-3/h77-81,86H,7-76H2,1-6H3,(H,91,92)(H,93,94)/t78?,79-,80-,81-/m1/s1. The van der Waals surface area contributed by atoms with E-state index in [1.54, 1.807) is 0 Å². The second-order valence-corrected chi connectivity index (χ2v) is 34.2. The maximum Gasteiger partial charge on any atom is 0.472 e. The molecule has 0 aromatic heterocycles. The number of phosphoric ester groups is 2. The number of unbranched alkanes of at least 4 members (excludes halogenated alkanes) is 53. The summed E-state index contributed by atoms with van der Waals surface area (Å²) < 4.78 is 68.8. The van der Waals surface area contributed by atoms with E-state index < -0.39 is 97.5 Å². The maximum atomic E-state index is 13.1. The number of phosphoric acid groups is 2. The molecule has 0 spiro atoms. The average Bonchev–Trinajstić information content (AvgIpc) is 0.937. The molecule has 0 aromatic rings. The number of hydrogen-bond acceptors (Lipinski definition) is 15. The van der Waals surface area contributed by atoms with Crippen LogP contribution in [-0.2, 0) is 65.4 Å². The highest BCUT2D eigenvalue weighted by molar-refractivity contribution is 7.47. The fourth-order valence-corrected chi connectivity index (χ4v) is 14.8. The van der Waals surface area contributed by atoms with E-state index in [0.717, 1.165) is 102 Å². The van der Waals surface area contributed by atoms with Gasteiger partial charge in [-0.15, -0.1) is 0 Å². The minimum absolute atomic E-state index is 0.105. The number of carbonyl (C=O) groups is 4. The highest BCUT2D eigenvalue weighted by Gasteiger charge is 2.30. The molecule has 6 atom stereocenters. The highest BCUT2D eigenvalue weighted by Crippen LogP contribution is 2.45. The first-order chi connectivity index (χ1) is 50.4. The van der Waals surface area contributed by atoms with Crippen molar-refractivity contribution in [2.45, 2.75) is 471 Å². The van der Waals surface area contributed by atoms with Gasteiger partial charge in [0.15, 0.2) is 12.2 Å². The molecule has 0 heterocycles. The van der Waals surface area contributed by atoms with Gasteiger partial charge in [-0.2, -0.15) is 0 Å². The Balaban J connectivity index is 5.20. The zero-order valence-corrected chi connectivity index (χ0v) is 70.1. The summed E-state index contributed by atoms with van der Waals surface area (Å²) in [6.45, 7) is 9.59. The summed E-state index contributed by atoms with van der Waals surface area (Å²) in [6.07, 6.45) is 68.4. The average molecular weight is 1520 g/mol. The van der Waals surface area contributed by atoms with Gasteiger partial charge in [-0.3, -0.25) is 37.3 Å². The first kappa shape index (κ1) is 102. The first-order valence-electron chi connectivity index (χ1n) is 44.0. The molecule has 0 aliphatic carbocycles. The normalized spacial score (nSPS) is 14.1. The third-order valence-electron chi connectivity index (χ3n) is 20.3. The third kappa shape index (κ3) is 76.8. The van der Waals surface area contributed by atoms with E-state index in [9.17, 15) is 43.2 Å². The molecule has 0 amide bonds.